The molecule has 1 spiro atoms. The molecule has 0 saturated heterocycles. The Morgan fingerprint density at radius 3 is 2.59 bits per heavy atom. The Hall–Kier alpha value is -0.440. The number of hydrogen-bond acceptors (Lipinski definition) is 0. The van der Waals surface area contributed by atoms with Gasteiger partial charge in [0.1, 0.15) is 0 Å². The van der Waals surface area contributed by atoms with Gasteiger partial charge in [0.25, 0.3) is 0 Å². The quantitative estimate of drug-likeness (QED) is 0.705. The molecule has 17 heavy (non-hydrogen) atoms. The molecule has 3 rings (SSSR count). The van der Waals surface area contributed by atoms with Crippen molar-refractivity contribution in [1.82, 2.24) is 0 Å². The Balaban J connectivity index is 1.79. The number of benzene rings is 1. The van der Waals surface area contributed by atoms with E-state index in [1.165, 1.54) is 11.1 Å². The third-order valence-electron chi connectivity index (χ3n) is 4.52. The highest BCUT2D eigenvalue weighted by molar-refractivity contribution is 9.10. The van der Waals surface area contributed by atoms with Gasteiger partial charge in [0.15, 0.2) is 0 Å². The Kier molecular flexibility index (Phi) is 2.77. The topological polar surface area (TPSA) is 0 Å². The second kappa shape index (κ2) is 4.04. The minimum Gasteiger partial charge on any atom is -0.210 e. The number of hydrogen-bond donors (Lipinski definition) is 0. The van der Waals surface area contributed by atoms with E-state index in [2.05, 4.69) is 34.1 Å². The Morgan fingerprint density at radius 2 is 1.94 bits per heavy atom. The number of rotatable bonds is 1. The average Bonchev–Trinajstić information content (AvgIpc) is 2.31. The van der Waals surface area contributed by atoms with Gasteiger partial charge in [-0.3, -0.25) is 0 Å². The highest BCUT2D eigenvalue weighted by Gasteiger charge is 2.45. The standard InChI is InChI=1S/C14H15BrF2/c15-11-2-1-10-8-14(12(10)7-11)5-3-9(4-6-14)13(16)17/h1-2,7,9,13H,3-6,8H2. The van der Waals surface area contributed by atoms with Crippen molar-refractivity contribution in [3.05, 3.63) is 33.8 Å². The van der Waals surface area contributed by atoms with Crippen LogP contribution < -0.4 is 0 Å². The SMILES string of the molecule is FC(F)C1CCC2(CC1)Cc1ccc(Br)cc12. The van der Waals surface area contributed by atoms with E-state index in [0.29, 0.717) is 12.8 Å². The van der Waals surface area contributed by atoms with Crippen LogP contribution in [0.25, 0.3) is 0 Å². The van der Waals surface area contributed by atoms with E-state index in [4.69, 9.17) is 0 Å². The average molecular weight is 301 g/mol. The third kappa shape index (κ3) is 1.83. The predicted molar refractivity (Wildman–Crippen MR) is 67.5 cm³/mol. The summed E-state index contributed by atoms with van der Waals surface area (Å²) in [5.74, 6) is -0.364. The fourth-order valence-electron chi connectivity index (χ4n) is 3.44. The lowest BCUT2D eigenvalue weighted by atomic mass is 9.56. The number of alkyl halides is 2. The summed E-state index contributed by atoms with van der Waals surface area (Å²) in [6.45, 7) is 0. The van der Waals surface area contributed by atoms with Crippen molar-refractivity contribution < 1.29 is 8.78 Å². The summed E-state index contributed by atoms with van der Waals surface area (Å²) in [5, 5.41) is 0. The van der Waals surface area contributed by atoms with Gasteiger partial charge in [-0.1, -0.05) is 22.0 Å². The van der Waals surface area contributed by atoms with Crippen molar-refractivity contribution in [2.45, 2.75) is 43.9 Å². The van der Waals surface area contributed by atoms with Crippen LogP contribution in [0, 0.1) is 5.92 Å². The van der Waals surface area contributed by atoms with E-state index in [-0.39, 0.29) is 11.3 Å². The van der Waals surface area contributed by atoms with Gasteiger partial charge in [-0.2, -0.15) is 0 Å². The second-order valence-corrected chi connectivity index (χ2v) is 6.35. The molecule has 1 saturated carbocycles. The fourth-order valence-corrected chi connectivity index (χ4v) is 3.80. The fraction of sp³-hybridized carbons (Fsp3) is 0.571. The molecule has 0 N–H and O–H groups in total. The highest BCUT2D eigenvalue weighted by atomic mass is 79.9. The van der Waals surface area contributed by atoms with Crippen LogP contribution in [0.1, 0.15) is 36.8 Å². The zero-order chi connectivity index (χ0) is 12.0. The van der Waals surface area contributed by atoms with Crippen molar-refractivity contribution in [2.75, 3.05) is 0 Å². The van der Waals surface area contributed by atoms with E-state index >= 15 is 0 Å². The van der Waals surface area contributed by atoms with Crippen LogP contribution in [0.3, 0.4) is 0 Å². The van der Waals surface area contributed by atoms with Gasteiger partial charge in [-0.15, -0.1) is 0 Å². The maximum atomic E-state index is 12.6. The molecular weight excluding hydrogens is 286 g/mol. The molecule has 2 aliphatic carbocycles. The molecule has 2 aliphatic rings. The Bertz CT molecular complexity index is 434. The van der Waals surface area contributed by atoms with Gasteiger partial charge < -0.3 is 0 Å². The lowest BCUT2D eigenvalue weighted by Crippen LogP contribution is -2.42. The molecule has 0 amide bonds. The van der Waals surface area contributed by atoms with Crippen LogP contribution in [0.15, 0.2) is 22.7 Å². The summed E-state index contributed by atoms with van der Waals surface area (Å²) in [5.41, 5.74) is 3.04. The van der Waals surface area contributed by atoms with Crippen molar-refractivity contribution >= 4 is 15.9 Å². The normalized spacial score (nSPS) is 31.4. The molecule has 3 heteroatoms. The van der Waals surface area contributed by atoms with E-state index in [0.717, 1.165) is 23.7 Å². The first-order valence-electron chi connectivity index (χ1n) is 6.18. The maximum Gasteiger partial charge on any atom is 0.241 e. The highest BCUT2D eigenvalue weighted by Crippen LogP contribution is 2.52. The molecule has 0 radical (unpaired) electrons. The summed E-state index contributed by atoms with van der Waals surface area (Å²) in [6.07, 6.45) is 2.20. The molecule has 1 aromatic carbocycles. The molecule has 0 heterocycles. The van der Waals surface area contributed by atoms with Gasteiger partial charge in [0.2, 0.25) is 6.43 Å². The first kappa shape index (κ1) is 11.6. The Morgan fingerprint density at radius 1 is 1.24 bits per heavy atom. The first-order chi connectivity index (χ1) is 8.11. The van der Waals surface area contributed by atoms with Crippen LogP contribution in [0.4, 0.5) is 8.78 Å². The summed E-state index contributed by atoms with van der Waals surface area (Å²) in [6, 6.07) is 6.40. The predicted octanol–water partition coefficient (Wildman–Crippen LogP) is 4.70. The summed E-state index contributed by atoms with van der Waals surface area (Å²) in [4.78, 5) is 0. The minimum absolute atomic E-state index is 0.227. The summed E-state index contributed by atoms with van der Waals surface area (Å²) >= 11 is 3.50. The molecule has 92 valence electrons. The maximum absolute atomic E-state index is 12.6. The van der Waals surface area contributed by atoms with Gasteiger partial charge in [0.05, 0.1) is 0 Å². The second-order valence-electron chi connectivity index (χ2n) is 5.43. The summed E-state index contributed by atoms with van der Waals surface area (Å²) in [7, 11) is 0. The monoisotopic (exact) mass is 300 g/mol. The number of halogens is 3. The molecule has 0 aromatic heterocycles. The minimum atomic E-state index is -2.13. The van der Waals surface area contributed by atoms with Gasteiger partial charge in [0, 0.05) is 10.4 Å². The van der Waals surface area contributed by atoms with E-state index < -0.39 is 6.43 Å². The largest absolute Gasteiger partial charge is 0.241 e. The summed E-state index contributed by atoms with van der Waals surface area (Å²) < 4.78 is 26.4. The molecule has 0 bridgehead atoms. The molecule has 1 fully saturated rings. The molecule has 0 atom stereocenters. The zero-order valence-corrected chi connectivity index (χ0v) is 11.1. The molecule has 0 aliphatic heterocycles. The van der Waals surface area contributed by atoms with Crippen molar-refractivity contribution in [1.29, 1.82) is 0 Å². The molecular formula is C14H15BrF2. The van der Waals surface area contributed by atoms with Crippen LogP contribution >= 0.6 is 15.9 Å². The third-order valence-corrected chi connectivity index (χ3v) is 5.01. The van der Waals surface area contributed by atoms with E-state index in [9.17, 15) is 8.78 Å². The number of fused-ring (bicyclic) bond motifs is 2. The van der Waals surface area contributed by atoms with Crippen molar-refractivity contribution in [2.24, 2.45) is 5.92 Å². The van der Waals surface area contributed by atoms with Gasteiger partial charge in [-0.05, 0) is 60.8 Å². The van der Waals surface area contributed by atoms with Crippen LogP contribution in [-0.4, -0.2) is 6.43 Å². The van der Waals surface area contributed by atoms with Crippen molar-refractivity contribution in [3.8, 4) is 0 Å². The van der Waals surface area contributed by atoms with Crippen LogP contribution in [-0.2, 0) is 11.8 Å². The van der Waals surface area contributed by atoms with Crippen LogP contribution in [0.5, 0.6) is 0 Å². The van der Waals surface area contributed by atoms with E-state index in [1.54, 1.807) is 0 Å². The van der Waals surface area contributed by atoms with Gasteiger partial charge >= 0.3 is 0 Å². The Labute approximate surface area is 109 Å². The van der Waals surface area contributed by atoms with Gasteiger partial charge in [-0.25, -0.2) is 8.78 Å². The lowest BCUT2D eigenvalue weighted by molar-refractivity contribution is 0.0369. The molecule has 0 unspecified atom stereocenters. The van der Waals surface area contributed by atoms with E-state index in [1.807, 2.05) is 0 Å². The smallest absolute Gasteiger partial charge is 0.210 e. The van der Waals surface area contributed by atoms with Crippen molar-refractivity contribution in [3.63, 3.8) is 0 Å². The first-order valence-corrected chi connectivity index (χ1v) is 6.97. The zero-order valence-electron chi connectivity index (χ0n) is 9.56. The molecule has 0 nitrogen and oxygen atoms in total. The lowest BCUT2D eigenvalue weighted by Gasteiger charge is -2.48. The van der Waals surface area contributed by atoms with Crippen LogP contribution in [0.2, 0.25) is 0 Å². The molecule has 1 aromatic rings.